The first kappa shape index (κ1) is 22.3. The van der Waals surface area contributed by atoms with Crippen LogP contribution in [0.25, 0.3) is 0 Å². The summed E-state index contributed by atoms with van der Waals surface area (Å²) in [5.74, 6) is 7.47. The topological polar surface area (TPSA) is 3.24 Å². The second-order valence-corrected chi connectivity index (χ2v) is 10.2. The summed E-state index contributed by atoms with van der Waals surface area (Å²) >= 11 is 0. The molecular formula is C25H38ClN. The van der Waals surface area contributed by atoms with Gasteiger partial charge in [0.25, 0.3) is 0 Å². The van der Waals surface area contributed by atoms with E-state index in [1.54, 1.807) is 0 Å². The van der Waals surface area contributed by atoms with Crippen LogP contribution in [0.15, 0.2) is 24.3 Å². The molecule has 1 heterocycles. The zero-order valence-electron chi connectivity index (χ0n) is 17.8. The van der Waals surface area contributed by atoms with Crippen molar-refractivity contribution in [2.75, 3.05) is 19.6 Å². The minimum absolute atomic E-state index is 0. The van der Waals surface area contributed by atoms with Gasteiger partial charge in [0.05, 0.1) is 6.54 Å². The van der Waals surface area contributed by atoms with Gasteiger partial charge in [-0.1, -0.05) is 64.5 Å². The average molecular weight is 388 g/mol. The van der Waals surface area contributed by atoms with Crippen LogP contribution >= 0.6 is 12.4 Å². The first-order valence-corrected chi connectivity index (χ1v) is 10.6. The maximum absolute atomic E-state index is 3.40. The van der Waals surface area contributed by atoms with Crippen LogP contribution in [-0.4, -0.2) is 24.5 Å². The summed E-state index contributed by atoms with van der Waals surface area (Å²) in [4.78, 5) is 2.51. The van der Waals surface area contributed by atoms with E-state index in [9.17, 15) is 0 Å². The monoisotopic (exact) mass is 387 g/mol. The van der Waals surface area contributed by atoms with Gasteiger partial charge in [0.1, 0.15) is 0 Å². The molecule has 2 aliphatic rings. The Bertz CT molecular complexity index is 623. The number of benzene rings is 1. The average Bonchev–Trinajstić information content (AvgIpc) is 2.81. The Labute approximate surface area is 173 Å². The highest BCUT2D eigenvalue weighted by molar-refractivity contribution is 5.85. The van der Waals surface area contributed by atoms with Crippen molar-refractivity contribution in [1.29, 1.82) is 0 Å². The van der Waals surface area contributed by atoms with Crippen molar-refractivity contribution in [3.63, 3.8) is 0 Å². The molecule has 2 heteroatoms. The molecular weight excluding hydrogens is 350 g/mol. The fourth-order valence-electron chi connectivity index (χ4n) is 5.47. The van der Waals surface area contributed by atoms with Crippen molar-refractivity contribution in [2.24, 2.45) is 10.8 Å². The molecule has 2 fully saturated rings. The summed E-state index contributed by atoms with van der Waals surface area (Å²) in [6, 6.07) is 9.13. The second kappa shape index (κ2) is 9.49. The fraction of sp³-hybridized carbons (Fsp3) is 0.680. The SMILES string of the molecule is CC1(C)CC(c2ccc(C#CCN3CCCCCC3)cc2)CC(C)(C)C1.Cl. The highest BCUT2D eigenvalue weighted by Gasteiger charge is 2.38. The highest BCUT2D eigenvalue weighted by Crippen LogP contribution is 2.51. The summed E-state index contributed by atoms with van der Waals surface area (Å²) in [6.45, 7) is 13.1. The van der Waals surface area contributed by atoms with Gasteiger partial charge >= 0.3 is 0 Å². The molecule has 1 aromatic carbocycles. The van der Waals surface area contributed by atoms with Crippen LogP contribution in [0.4, 0.5) is 0 Å². The standard InChI is InChI=1S/C25H37N.ClH/c1-24(2)18-23(19-25(3,4)20-24)22-13-11-21(12-14-22)10-9-17-26-15-7-5-6-8-16-26;/h11-14,23H,5-8,15-20H2,1-4H3;1H. The number of rotatable bonds is 2. The zero-order chi connectivity index (χ0) is 18.6. The summed E-state index contributed by atoms with van der Waals surface area (Å²) in [7, 11) is 0. The number of nitrogens with zero attached hydrogens (tertiary/aromatic N) is 1. The Kier molecular flexibility index (Phi) is 7.84. The Morgan fingerprint density at radius 3 is 2.00 bits per heavy atom. The Morgan fingerprint density at radius 2 is 1.44 bits per heavy atom. The van der Waals surface area contributed by atoms with Crippen molar-refractivity contribution >= 4 is 12.4 Å². The lowest BCUT2D eigenvalue weighted by Gasteiger charge is -2.45. The van der Waals surface area contributed by atoms with Crippen LogP contribution in [0.2, 0.25) is 0 Å². The number of halogens is 1. The molecule has 1 nitrogen and oxygen atoms in total. The van der Waals surface area contributed by atoms with E-state index in [1.165, 1.54) is 63.6 Å². The predicted octanol–water partition coefficient (Wildman–Crippen LogP) is 6.66. The third kappa shape index (κ3) is 6.85. The van der Waals surface area contributed by atoms with Crippen LogP contribution in [0.5, 0.6) is 0 Å². The second-order valence-electron chi connectivity index (χ2n) is 10.2. The van der Waals surface area contributed by atoms with Gasteiger partial charge in [-0.2, -0.15) is 0 Å². The van der Waals surface area contributed by atoms with Crippen molar-refractivity contribution in [3.8, 4) is 11.8 Å². The summed E-state index contributed by atoms with van der Waals surface area (Å²) in [5, 5.41) is 0. The maximum Gasteiger partial charge on any atom is 0.0605 e. The molecule has 0 amide bonds. The third-order valence-electron chi connectivity index (χ3n) is 6.17. The Balaban J connectivity index is 0.00000261. The van der Waals surface area contributed by atoms with Gasteiger partial charge in [-0.05, 0) is 79.6 Å². The maximum atomic E-state index is 3.40. The van der Waals surface area contributed by atoms with Crippen LogP contribution in [-0.2, 0) is 0 Å². The molecule has 0 N–H and O–H groups in total. The Morgan fingerprint density at radius 1 is 0.889 bits per heavy atom. The normalized spacial score (nSPS) is 22.8. The lowest BCUT2D eigenvalue weighted by molar-refractivity contribution is 0.0969. The molecule has 1 saturated heterocycles. The van der Waals surface area contributed by atoms with E-state index < -0.39 is 0 Å². The van der Waals surface area contributed by atoms with Crippen molar-refractivity contribution in [2.45, 2.75) is 78.6 Å². The molecule has 1 aliphatic heterocycles. The zero-order valence-corrected chi connectivity index (χ0v) is 18.6. The minimum Gasteiger partial charge on any atom is -0.292 e. The molecule has 150 valence electrons. The van der Waals surface area contributed by atoms with Gasteiger partial charge < -0.3 is 0 Å². The van der Waals surface area contributed by atoms with Gasteiger partial charge in [0.15, 0.2) is 0 Å². The van der Waals surface area contributed by atoms with E-state index in [4.69, 9.17) is 0 Å². The quantitative estimate of drug-likeness (QED) is 0.513. The highest BCUT2D eigenvalue weighted by atomic mass is 35.5. The summed E-state index contributed by atoms with van der Waals surface area (Å²) in [6.07, 6.45) is 9.39. The van der Waals surface area contributed by atoms with E-state index in [-0.39, 0.29) is 12.4 Å². The van der Waals surface area contributed by atoms with Gasteiger partial charge in [0, 0.05) is 5.56 Å². The molecule has 3 rings (SSSR count). The van der Waals surface area contributed by atoms with E-state index in [0.717, 1.165) is 12.1 Å². The molecule has 0 spiro atoms. The molecule has 0 radical (unpaired) electrons. The van der Waals surface area contributed by atoms with Crippen LogP contribution in [0, 0.1) is 22.7 Å². The van der Waals surface area contributed by atoms with Gasteiger partial charge in [-0.3, -0.25) is 4.90 Å². The molecule has 0 bridgehead atoms. The van der Waals surface area contributed by atoms with E-state index >= 15 is 0 Å². The van der Waals surface area contributed by atoms with Crippen molar-refractivity contribution in [3.05, 3.63) is 35.4 Å². The van der Waals surface area contributed by atoms with Gasteiger partial charge in [-0.15, -0.1) is 12.4 Å². The first-order valence-electron chi connectivity index (χ1n) is 10.6. The van der Waals surface area contributed by atoms with Crippen LogP contribution in [0.1, 0.15) is 89.7 Å². The van der Waals surface area contributed by atoms with E-state index in [0.29, 0.717) is 16.7 Å². The molecule has 27 heavy (non-hydrogen) atoms. The molecule has 0 unspecified atom stereocenters. The van der Waals surface area contributed by atoms with Gasteiger partial charge in [-0.25, -0.2) is 0 Å². The van der Waals surface area contributed by atoms with Gasteiger partial charge in [0.2, 0.25) is 0 Å². The molecule has 0 atom stereocenters. The Hall–Kier alpha value is -0.970. The van der Waals surface area contributed by atoms with Crippen molar-refractivity contribution in [1.82, 2.24) is 4.90 Å². The van der Waals surface area contributed by atoms with Crippen LogP contribution in [0.3, 0.4) is 0 Å². The summed E-state index contributed by atoms with van der Waals surface area (Å²) < 4.78 is 0. The first-order chi connectivity index (χ1) is 12.3. The lowest BCUT2D eigenvalue weighted by atomic mass is 9.60. The summed E-state index contributed by atoms with van der Waals surface area (Å²) in [5.41, 5.74) is 3.55. The fourth-order valence-corrected chi connectivity index (χ4v) is 5.47. The van der Waals surface area contributed by atoms with Crippen LogP contribution < -0.4 is 0 Å². The smallest absolute Gasteiger partial charge is 0.0605 e. The number of hydrogen-bond donors (Lipinski definition) is 0. The van der Waals surface area contributed by atoms with Crippen molar-refractivity contribution < 1.29 is 0 Å². The molecule has 1 aliphatic carbocycles. The predicted molar refractivity (Wildman–Crippen MR) is 120 cm³/mol. The third-order valence-corrected chi connectivity index (χ3v) is 6.17. The van der Waals surface area contributed by atoms with E-state index in [2.05, 4.69) is 68.7 Å². The molecule has 1 aromatic rings. The minimum atomic E-state index is 0. The largest absolute Gasteiger partial charge is 0.292 e. The number of hydrogen-bond acceptors (Lipinski definition) is 1. The molecule has 0 aromatic heterocycles. The number of likely N-dealkylation sites (tertiary alicyclic amines) is 1. The molecule has 1 saturated carbocycles. The van der Waals surface area contributed by atoms with E-state index in [1.807, 2.05) is 0 Å². The lowest BCUT2D eigenvalue weighted by Crippen LogP contribution is -2.32.